The van der Waals surface area contributed by atoms with E-state index in [1.54, 1.807) is 21.1 Å². The fourth-order valence-corrected chi connectivity index (χ4v) is 6.52. The average Bonchev–Trinajstić information content (AvgIpc) is 3.48. The van der Waals surface area contributed by atoms with Crippen LogP contribution in [0.25, 0.3) is 5.52 Å². The smallest absolute Gasteiger partial charge is 0.261 e. The zero-order chi connectivity index (χ0) is 23.7. The van der Waals surface area contributed by atoms with Crippen LogP contribution in [0, 0.1) is 17.8 Å². The second-order valence-corrected chi connectivity index (χ2v) is 11.4. The van der Waals surface area contributed by atoms with Crippen molar-refractivity contribution in [1.29, 1.82) is 0 Å². The Balaban J connectivity index is 1.46. The lowest BCUT2D eigenvalue weighted by molar-refractivity contribution is -0.121. The largest absolute Gasteiger partial charge is 0.380 e. The van der Waals surface area contributed by atoms with Crippen molar-refractivity contribution < 1.29 is 22.4 Å². The van der Waals surface area contributed by atoms with Gasteiger partial charge in [-0.1, -0.05) is 6.92 Å². The molecular formula is C21H27FN6O4S. The number of fused-ring (bicyclic) bond motifs is 2. The van der Waals surface area contributed by atoms with E-state index in [2.05, 4.69) is 17.3 Å². The van der Waals surface area contributed by atoms with Gasteiger partial charge in [-0.3, -0.25) is 9.59 Å². The van der Waals surface area contributed by atoms with Gasteiger partial charge in [0.05, 0.1) is 41.1 Å². The fourth-order valence-electron chi connectivity index (χ4n) is 5.62. The summed E-state index contributed by atoms with van der Waals surface area (Å²) in [5.74, 6) is -0.599. The maximum atomic E-state index is 13.8. The summed E-state index contributed by atoms with van der Waals surface area (Å²) in [6.45, 7) is 3.36. The minimum Gasteiger partial charge on any atom is -0.380 e. The number of aromatic nitrogens is 2. The van der Waals surface area contributed by atoms with Gasteiger partial charge in [-0.05, 0) is 30.2 Å². The SMILES string of the molecule is C[C@@H]1[C@H]2CN(S(C)(=O)=O)C[C@H]2C[C@H]1Nc1c(C(N)=O)cnn2cc(N3CCC(F)C3=O)cc12. The number of hydrogen-bond donors (Lipinski definition) is 2. The van der Waals surface area contributed by atoms with Crippen LogP contribution in [0.2, 0.25) is 0 Å². The number of nitrogens with zero attached hydrogens (tertiary/aromatic N) is 4. The first kappa shape index (κ1) is 22.1. The van der Waals surface area contributed by atoms with E-state index in [0.29, 0.717) is 30.0 Å². The number of alkyl halides is 1. The summed E-state index contributed by atoms with van der Waals surface area (Å²) in [6.07, 6.45) is 3.65. The van der Waals surface area contributed by atoms with Crippen molar-refractivity contribution in [3.63, 3.8) is 0 Å². The van der Waals surface area contributed by atoms with Gasteiger partial charge in [-0.2, -0.15) is 5.10 Å². The number of sulfonamides is 1. The van der Waals surface area contributed by atoms with Crippen LogP contribution in [0.15, 0.2) is 18.5 Å². The molecule has 2 saturated heterocycles. The van der Waals surface area contributed by atoms with Crippen molar-refractivity contribution in [3.8, 4) is 0 Å². The van der Waals surface area contributed by atoms with Crippen molar-refractivity contribution >= 4 is 38.7 Å². The van der Waals surface area contributed by atoms with Gasteiger partial charge >= 0.3 is 0 Å². The first-order valence-electron chi connectivity index (χ1n) is 11.0. The van der Waals surface area contributed by atoms with E-state index in [0.717, 1.165) is 6.42 Å². The number of anilines is 2. The molecule has 1 aliphatic carbocycles. The van der Waals surface area contributed by atoms with Crippen LogP contribution in [0.4, 0.5) is 15.8 Å². The van der Waals surface area contributed by atoms with Crippen molar-refractivity contribution in [3.05, 3.63) is 24.0 Å². The summed E-state index contributed by atoms with van der Waals surface area (Å²) in [4.78, 5) is 25.7. The molecule has 0 spiro atoms. The lowest BCUT2D eigenvalue weighted by Gasteiger charge is -2.25. The van der Waals surface area contributed by atoms with Gasteiger partial charge in [0.15, 0.2) is 6.17 Å². The van der Waals surface area contributed by atoms with E-state index in [9.17, 15) is 22.4 Å². The second-order valence-electron chi connectivity index (χ2n) is 9.42. The van der Waals surface area contributed by atoms with Crippen molar-refractivity contribution in [1.82, 2.24) is 13.9 Å². The Morgan fingerprint density at radius 1 is 1.33 bits per heavy atom. The topological polar surface area (TPSA) is 130 Å². The molecule has 4 heterocycles. The molecule has 0 radical (unpaired) electrons. The zero-order valence-corrected chi connectivity index (χ0v) is 19.3. The Kier molecular flexibility index (Phi) is 5.12. The third-order valence-electron chi connectivity index (χ3n) is 7.46. The van der Waals surface area contributed by atoms with Gasteiger partial charge in [0.2, 0.25) is 10.0 Å². The van der Waals surface area contributed by atoms with Crippen LogP contribution in [0.5, 0.6) is 0 Å². The number of carbonyl (C=O) groups excluding carboxylic acids is 2. The van der Waals surface area contributed by atoms with E-state index in [4.69, 9.17) is 5.73 Å². The monoisotopic (exact) mass is 478 g/mol. The van der Waals surface area contributed by atoms with Crippen LogP contribution in [0.1, 0.15) is 30.1 Å². The molecule has 2 aliphatic heterocycles. The third-order valence-corrected chi connectivity index (χ3v) is 8.70. The van der Waals surface area contributed by atoms with Crippen molar-refractivity contribution in [2.24, 2.45) is 23.5 Å². The molecule has 1 unspecified atom stereocenters. The molecular weight excluding hydrogens is 451 g/mol. The molecule has 0 bridgehead atoms. The van der Waals surface area contributed by atoms with Crippen LogP contribution < -0.4 is 16.0 Å². The molecule has 3 aliphatic rings. The highest BCUT2D eigenvalue weighted by atomic mass is 32.2. The highest BCUT2D eigenvalue weighted by Crippen LogP contribution is 2.44. The van der Waals surface area contributed by atoms with Gasteiger partial charge in [0.1, 0.15) is 0 Å². The summed E-state index contributed by atoms with van der Waals surface area (Å²) in [7, 11) is -3.22. The lowest BCUT2D eigenvalue weighted by atomic mass is 9.93. The molecule has 5 atom stereocenters. The van der Waals surface area contributed by atoms with Gasteiger partial charge in [-0.15, -0.1) is 0 Å². The molecule has 1 saturated carbocycles. The third kappa shape index (κ3) is 3.65. The van der Waals surface area contributed by atoms with Gasteiger partial charge in [0.25, 0.3) is 11.8 Å². The first-order chi connectivity index (χ1) is 15.5. The Morgan fingerprint density at radius 3 is 2.70 bits per heavy atom. The van der Waals surface area contributed by atoms with Crippen LogP contribution in [-0.4, -0.2) is 72.3 Å². The maximum absolute atomic E-state index is 13.8. The highest BCUT2D eigenvalue weighted by molar-refractivity contribution is 7.88. The first-order valence-corrected chi connectivity index (χ1v) is 12.9. The van der Waals surface area contributed by atoms with E-state index in [-0.39, 0.29) is 42.3 Å². The lowest BCUT2D eigenvalue weighted by Crippen LogP contribution is -2.33. The molecule has 2 aromatic heterocycles. The van der Waals surface area contributed by atoms with Gasteiger partial charge in [-0.25, -0.2) is 21.6 Å². The Hall–Kier alpha value is -2.73. The number of carbonyl (C=O) groups is 2. The molecule has 3 fully saturated rings. The Bertz CT molecular complexity index is 1250. The van der Waals surface area contributed by atoms with E-state index in [1.165, 1.54) is 17.4 Å². The summed E-state index contributed by atoms with van der Waals surface area (Å²) in [6, 6.07) is 1.72. The number of rotatable bonds is 5. The summed E-state index contributed by atoms with van der Waals surface area (Å²) >= 11 is 0. The maximum Gasteiger partial charge on any atom is 0.261 e. The number of primary amides is 1. The molecule has 0 aromatic carbocycles. The molecule has 12 heteroatoms. The summed E-state index contributed by atoms with van der Waals surface area (Å²) < 4.78 is 40.8. The minimum absolute atomic E-state index is 0.00741. The second kappa shape index (κ2) is 7.66. The van der Waals surface area contributed by atoms with Crippen LogP contribution in [0.3, 0.4) is 0 Å². The predicted molar refractivity (Wildman–Crippen MR) is 120 cm³/mol. The highest BCUT2D eigenvalue weighted by Gasteiger charge is 2.48. The number of nitrogens with one attached hydrogen (secondary N) is 1. The van der Waals surface area contributed by atoms with E-state index in [1.807, 2.05) is 0 Å². The summed E-state index contributed by atoms with van der Waals surface area (Å²) in [5.41, 5.74) is 7.45. The molecule has 178 valence electrons. The van der Waals surface area contributed by atoms with Gasteiger partial charge < -0.3 is 16.0 Å². The van der Waals surface area contributed by atoms with E-state index < -0.39 is 28.0 Å². The Labute approximate surface area is 190 Å². The van der Waals surface area contributed by atoms with Crippen molar-refractivity contribution in [2.75, 3.05) is 36.1 Å². The predicted octanol–water partition coefficient (Wildman–Crippen LogP) is 0.836. The standard InChI is InChI=1S/C21H27FN6O4S/c1-11-15-10-26(33(2,31)32)8-12(15)5-17(11)25-19-14(20(23)29)7-24-28-9-13(6-18(19)28)27-4-3-16(22)21(27)30/h6-7,9,11-12,15-17,25H,3-5,8,10H2,1-2H3,(H2,23,29)/t11-,12-,15-,16?,17-/m1/s1. The molecule has 10 nitrogen and oxygen atoms in total. The molecule has 3 N–H and O–H groups in total. The fraction of sp³-hybridized carbons (Fsp3) is 0.571. The number of amides is 2. The Morgan fingerprint density at radius 2 is 2.09 bits per heavy atom. The molecule has 2 aromatic rings. The quantitative estimate of drug-likeness (QED) is 0.655. The molecule has 2 amide bonds. The number of halogens is 1. The van der Waals surface area contributed by atoms with E-state index >= 15 is 0 Å². The molecule has 33 heavy (non-hydrogen) atoms. The van der Waals surface area contributed by atoms with Crippen molar-refractivity contribution in [2.45, 2.75) is 32.0 Å². The number of hydrogen-bond acceptors (Lipinski definition) is 6. The normalized spacial score (nSPS) is 30.3. The number of nitrogens with two attached hydrogens (primary N) is 1. The average molecular weight is 479 g/mol. The van der Waals surface area contributed by atoms with Gasteiger partial charge in [0, 0.05) is 32.1 Å². The van der Waals surface area contributed by atoms with Crippen LogP contribution >= 0.6 is 0 Å². The molecule has 5 rings (SSSR count). The van der Waals surface area contributed by atoms with Crippen LogP contribution in [-0.2, 0) is 14.8 Å². The summed E-state index contributed by atoms with van der Waals surface area (Å²) in [5, 5.41) is 7.74. The zero-order valence-electron chi connectivity index (χ0n) is 18.4. The minimum atomic E-state index is -3.22.